The number of rotatable bonds is 10. The highest BCUT2D eigenvalue weighted by molar-refractivity contribution is 4.66. The summed E-state index contributed by atoms with van der Waals surface area (Å²) in [5.41, 5.74) is 0. The first-order valence-electron chi connectivity index (χ1n) is 6.91. The molecule has 0 aliphatic carbocycles. The number of hydrogen-bond donors (Lipinski definition) is 1. The van der Waals surface area contributed by atoms with Crippen LogP contribution >= 0.6 is 0 Å². The molecule has 1 N–H and O–H groups in total. The molecule has 0 bridgehead atoms. The van der Waals surface area contributed by atoms with Gasteiger partial charge in [-0.2, -0.15) is 13.2 Å². The van der Waals surface area contributed by atoms with Crippen LogP contribution in [0.25, 0.3) is 0 Å². The zero-order valence-corrected chi connectivity index (χ0v) is 11.8. The third-order valence-electron chi connectivity index (χ3n) is 3.01. The first-order chi connectivity index (χ1) is 8.39. The maximum Gasteiger partial charge on any atom is 0.401 e. The van der Waals surface area contributed by atoms with Gasteiger partial charge in [-0.1, -0.05) is 33.1 Å². The second-order valence-corrected chi connectivity index (χ2v) is 4.83. The predicted octanol–water partition coefficient (Wildman–Crippen LogP) is 3.43. The summed E-state index contributed by atoms with van der Waals surface area (Å²) in [6, 6.07) is 0.390. The first-order valence-corrected chi connectivity index (χ1v) is 6.91. The highest BCUT2D eigenvalue weighted by Crippen LogP contribution is 2.15. The van der Waals surface area contributed by atoms with Gasteiger partial charge in [0.25, 0.3) is 0 Å². The van der Waals surface area contributed by atoms with Crippen LogP contribution < -0.4 is 5.32 Å². The largest absolute Gasteiger partial charge is 0.401 e. The van der Waals surface area contributed by atoms with Gasteiger partial charge in [0.15, 0.2) is 0 Å². The summed E-state index contributed by atoms with van der Waals surface area (Å²) in [4.78, 5) is 1.42. The van der Waals surface area contributed by atoms with Crippen molar-refractivity contribution >= 4 is 0 Å². The number of nitrogens with one attached hydrogen (secondary N) is 1. The average molecular weight is 268 g/mol. The van der Waals surface area contributed by atoms with Crippen molar-refractivity contribution in [2.24, 2.45) is 0 Å². The van der Waals surface area contributed by atoms with Crippen LogP contribution in [0.4, 0.5) is 13.2 Å². The van der Waals surface area contributed by atoms with Crippen LogP contribution in [0.5, 0.6) is 0 Å². The lowest BCUT2D eigenvalue weighted by molar-refractivity contribution is -0.145. The second kappa shape index (κ2) is 9.62. The molecule has 0 heterocycles. The van der Waals surface area contributed by atoms with Gasteiger partial charge >= 0.3 is 6.18 Å². The Morgan fingerprint density at radius 3 is 2.33 bits per heavy atom. The second-order valence-electron chi connectivity index (χ2n) is 4.83. The van der Waals surface area contributed by atoms with Crippen LogP contribution in [0.3, 0.4) is 0 Å². The van der Waals surface area contributed by atoms with E-state index in [9.17, 15) is 13.2 Å². The van der Waals surface area contributed by atoms with Crippen molar-refractivity contribution in [3.8, 4) is 0 Å². The van der Waals surface area contributed by atoms with E-state index in [0.29, 0.717) is 25.7 Å². The van der Waals surface area contributed by atoms with E-state index in [1.54, 1.807) is 6.92 Å². The summed E-state index contributed by atoms with van der Waals surface area (Å²) in [6.45, 7) is 6.71. The molecule has 0 saturated carbocycles. The van der Waals surface area contributed by atoms with Crippen molar-refractivity contribution in [3.63, 3.8) is 0 Å². The molecule has 1 atom stereocenters. The molecule has 18 heavy (non-hydrogen) atoms. The molecule has 0 saturated heterocycles. The number of nitrogens with zero attached hydrogens (tertiary/aromatic N) is 1. The highest BCUT2D eigenvalue weighted by atomic mass is 19.4. The van der Waals surface area contributed by atoms with Crippen molar-refractivity contribution in [2.45, 2.75) is 58.7 Å². The minimum atomic E-state index is -4.09. The molecule has 5 heteroatoms. The molecule has 0 amide bonds. The van der Waals surface area contributed by atoms with Crippen LogP contribution in [0, 0.1) is 0 Å². The fourth-order valence-electron chi connectivity index (χ4n) is 1.87. The van der Waals surface area contributed by atoms with Crippen LogP contribution in [0.2, 0.25) is 0 Å². The van der Waals surface area contributed by atoms with Crippen molar-refractivity contribution in [1.82, 2.24) is 10.2 Å². The van der Waals surface area contributed by atoms with Gasteiger partial charge in [-0.3, -0.25) is 4.90 Å². The Kier molecular flexibility index (Phi) is 9.46. The molecule has 110 valence electrons. The zero-order chi connectivity index (χ0) is 14.0. The third kappa shape index (κ3) is 10.8. The summed E-state index contributed by atoms with van der Waals surface area (Å²) < 4.78 is 36.7. The molecule has 2 nitrogen and oxygen atoms in total. The maximum absolute atomic E-state index is 12.2. The standard InChI is InChI=1S/C13H27F3N2/c1-4-6-7-8-12(3)17-9-10-18(5-2)11-13(14,15)16/h12,17H,4-11H2,1-3H3. The molecule has 0 aromatic rings. The molecule has 0 spiro atoms. The van der Waals surface area contributed by atoms with Gasteiger partial charge in [-0.25, -0.2) is 0 Å². The van der Waals surface area contributed by atoms with Gasteiger partial charge in [-0.15, -0.1) is 0 Å². The molecule has 1 unspecified atom stereocenters. The van der Waals surface area contributed by atoms with Crippen molar-refractivity contribution in [3.05, 3.63) is 0 Å². The fraction of sp³-hybridized carbons (Fsp3) is 1.00. The molecule has 0 aliphatic heterocycles. The lowest BCUT2D eigenvalue weighted by atomic mass is 10.1. The molecule has 0 aromatic heterocycles. The summed E-state index contributed by atoms with van der Waals surface area (Å²) in [5, 5.41) is 3.28. The monoisotopic (exact) mass is 268 g/mol. The van der Waals surface area contributed by atoms with Gasteiger partial charge in [-0.05, 0) is 19.9 Å². The third-order valence-corrected chi connectivity index (χ3v) is 3.01. The van der Waals surface area contributed by atoms with Gasteiger partial charge < -0.3 is 5.32 Å². The quantitative estimate of drug-likeness (QED) is 0.611. The number of halogens is 3. The van der Waals surface area contributed by atoms with Gasteiger partial charge in [0.05, 0.1) is 6.54 Å². The molecule has 0 aliphatic rings. The Hall–Kier alpha value is -0.290. The lowest BCUT2D eigenvalue weighted by Crippen LogP contribution is -2.40. The summed E-state index contributed by atoms with van der Waals surface area (Å²) in [5.74, 6) is 0. The predicted molar refractivity (Wildman–Crippen MR) is 69.8 cm³/mol. The number of likely N-dealkylation sites (N-methyl/N-ethyl adjacent to an activating group) is 1. The average Bonchev–Trinajstić information content (AvgIpc) is 2.26. The van der Waals surface area contributed by atoms with E-state index >= 15 is 0 Å². The van der Waals surface area contributed by atoms with Crippen molar-refractivity contribution < 1.29 is 13.2 Å². The van der Waals surface area contributed by atoms with Crippen LogP contribution in [-0.4, -0.2) is 43.3 Å². The Bertz CT molecular complexity index is 195. The lowest BCUT2D eigenvalue weighted by Gasteiger charge is -2.23. The normalized spacial score (nSPS) is 14.2. The minimum Gasteiger partial charge on any atom is -0.313 e. The Balaban J connectivity index is 3.66. The SMILES string of the molecule is CCCCCC(C)NCCN(CC)CC(F)(F)F. The molecule has 0 rings (SSSR count). The smallest absolute Gasteiger partial charge is 0.313 e. The van der Waals surface area contributed by atoms with E-state index in [-0.39, 0.29) is 0 Å². The maximum atomic E-state index is 12.2. The Morgan fingerprint density at radius 1 is 1.17 bits per heavy atom. The van der Waals surface area contributed by atoms with E-state index < -0.39 is 12.7 Å². The number of unbranched alkanes of at least 4 members (excludes halogenated alkanes) is 2. The van der Waals surface area contributed by atoms with E-state index in [1.165, 1.54) is 24.2 Å². The molecule has 0 aromatic carbocycles. The summed E-state index contributed by atoms with van der Waals surface area (Å²) in [7, 11) is 0. The van der Waals surface area contributed by atoms with Crippen LogP contribution in [0.15, 0.2) is 0 Å². The van der Waals surface area contributed by atoms with Crippen LogP contribution in [0.1, 0.15) is 46.5 Å². The molecule has 0 fully saturated rings. The van der Waals surface area contributed by atoms with Gasteiger partial charge in [0.2, 0.25) is 0 Å². The van der Waals surface area contributed by atoms with E-state index in [0.717, 1.165) is 6.42 Å². The van der Waals surface area contributed by atoms with Gasteiger partial charge in [0.1, 0.15) is 0 Å². The Labute approximate surface area is 109 Å². The topological polar surface area (TPSA) is 15.3 Å². The number of alkyl halides is 3. The Morgan fingerprint density at radius 2 is 1.83 bits per heavy atom. The molecular formula is C13H27F3N2. The first kappa shape index (κ1) is 17.7. The van der Waals surface area contributed by atoms with Crippen molar-refractivity contribution in [1.29, 1.82) is 0 Å². The highest BCUT2D eigenvalue weighted by Gasteiger charge is 2.29. The number of hydrogen-bond acceptors (Lipinski definition) is 2. The van der Waals surface area contributed by atoms with E-state index in [4.69, 9.17) is 0 Å². The summed E-state index contributed by atoms with van der Waals surface area (Å²) >= 11 is 0. The molecule has 0 radical (unpaired) electrons. The fourth-order valence-corrected chi connectivity index (χ4v) is 1.87. The van der Waals surface area contributed by atoms with Crippen molar-refractivity contribution in [2.75, 3.05) is 26.2 Å². The molecular weight excluding hydrogens is 241 g/mol. The minimum absolute atomic E-state index is 0.390. The van der Waals surface area contributed by atoms with Gasteiger partial charge in [0, 0.05) is 19.1 Å². The summed E-state index contributed by atoms with van der Waals surface area (Å²) in [6.07, 6.45) is 0.607. The van der Waals surface area contributed by atoms with E-state index in [1.807, 2.05) is 0 Å². The zero-order valence-electron chi connectivity index (χ0n) is 11.8. The van der Waals surface area contributed by atoms with E-state index in [2.05, 4.69) is 19.2 Å². The van der Waals surface area contributed by atoms with Crippen LogP contribution in [-0.2, 0) is 0 Å².